The summed E-state index contributed by atoms with van der Waals surface area (Å²) >= 11 is 0. The predicted octanol–water partition coefficient (Wildman–Crippen LogP) is 5.83. The normalized spacial score (nSPS) is 12.5. The minimum Gasteiger partial charge on any atom is -0.257 e. The Bertz CT molecular complexity index is 613. The van der Waals surface area contributed by atoms with E-state index >= 15 is 0 Å². The van der Waals surface area contributed by atoms with E-state index in [0.717, 1.165) is 48.2 Å². The van der Waals surface area contributed by atoms with Crippen molar-refractivity contribution >= 4 is 11.6 Å². The molecule has 0 amide bonds. The summed E-state index contributed by atoms with van der Waals surface area (Å²) in [6, 6.07) is 10.9. The second-order valence-electron chi connectivity index (χ2n) is 5.10. The van der Waals surface area contributed by atoms with Crippen molar-refractivity contribution in [2.45, 2.75) is 32.4 Å². The van der Waals surface area contributed by atoms with E-state index < -0.39 is 11.7 Å². The van der Waals surface area contributed by atoms with Crippen LogP contribution in [0.15, 0.2) is 48.7 Å². The Morgan fingerprint density at radius 3 is 2.36 bits per heavy atom. The summed E-state index contributed by atoms with van der Waals surface area (Å²) in [7, 11) is 0. The maximum Gasteiger partial charge on any atom is 0.416 e. The smallest absolute Gasteiger partial charge is 0.257 e. The lowest BCUT2D eigenvalue weighted by Gasteiger charge is -2.10. The van der Waals surface area contributed by atoms with Gasteiger partial charge in [-0.3, -0.25) is 4.98 Å². The fourth-order valence-electron chi connectivity index (χ4n) is 2.18. The quantitative estimate of drug-likeness (QED) is 0.677. The van der Waals surface area contributed by atoms with Crippen molar-refractivity contribution < 1.29 is 13.2 Å². The number of aromatic nitrogens is 1. The Kier molecular flexibility index (Phi) is 5.36. The van der Waals surface area contributed by atoms with Crippen molar-refractivity contribution in [3.05, 3.63) is 65.5 Å². The van der Waals surface area contributed by atoms with Gasteiger partial charge in [-0.05, 0) is 54.3 Å². The molecule has 1 aromatic heterocycles. The first-order valence-corrected chi connectivity index (χ1v) is 7.30. The summed E-state index contributed by atoms with van der Waals surface area (Å²) in [5.41, 5.74) is 2.01. The zero-order valence-corrected chi connectivity index (χ0v) is 12.4. The van der Waals surface area contributed by atoms with Gasteiger partial charge < -0.3 is 0 Å². The van der Waals surface area contributed by atoms with E-state index in [2.05, 4.69) is 11.9 Å². The number of hydrogen-bond donors (Lipinski definition) is 0. The highest BCUT2D eigenvalue weighted by atomic mass is 19.4. The molecular formula is C18H18F3N. The molecule has 0 saturated heterocycles. The van der Waals surface area contributed by atoms with Crippen LogP contribution in [0.4, 0.5) is 13.2 Å². The highest BCUT2D eigenvalue weighted by molar-refractivity contribution is 5.80. The first-order valence-electron chi connectivity index (χ1n) is 7.30. The van der Waals surface area contributed by atoms with Gasteiger partial charge >= 0.3 is 6.18 Å². The molecule has 1 aromatic carbocycles. The van der Waals surface area contributed by atoms with Gasteiger partial charge in [0.15, 0.2) is 0 Å². The molecule has 0 saturated carbocycles. The second-order valence-corrected chi connectivity index (χ2v) is 5.10. The average Bonchev–Trinajstić information content (AvgIpc) is 2.52. The number of unbranched alkanes of at least 4 members (excludes halogenated alkanes) is 1. The van der Waals surface area contributed by atoms with Crippen molar-refractivity contribution in [3.63, 3.8) is 0 Å². The van der Waals surface area contributed by atoms with E-state index in [9.17, 15) is 13.2 Å². The molecule has 22 heavy (non-hydrogen) atoms. The molecule has 0 atom stereocenters. The van der Waals surface area contributed by atoms with Crippen molar-refractivity contribution in [2.24, 2.45) is 0 Å². The molecular weight excluding hydrogens is 287 g/mol. The van der Waals surface area contributed by atoms with Crippen molar-refractivity contribution in [2.75, 3.05) is 0 Å². The number of halogens is 3. The van der Waals surface area contributed by atoms with Gasteiger partial charge in [0.25, 0.3) is 0 Å². The summed E-state index contributed by atoms with van der Waals surface area (Å²) < 4.78 is 37.9. The summed E-state index contributed by atoms with van der Waals surface area (Å²) in [6.45, 7) is 2.09. The van der Waals surface area contributed by atoms with E-state index in [0.29, 0.717) is 0 Å². The van der Waals surface area contributed by atoms with Crippen molar-refractivity contribution in [1.82, 2.24) is 4.98 Å². The Labute approximate surface area is 128 Å². The molecule has 1 heterocycles. The minimum atomic E-state index is -4.30. The van der Waals surface area contributed by atoms with E-state index in [1.54, 1.807) is 6.20 Å². The molecule has 1 nitrogen and oxygen atoms in total. The molecule has 0 aliphatic rings. The van der Waals surface area contributed by atoms with E-state index in [4.69, 9.17) is 0 Å². The number of alkyl halides is 3. The maximum atomic E-state index is 12.6. The fourth-order valence-corrected chi connectivity index (χ4v) is 2.18. The highest BCUT2D eigenvalue weighted by Gasteiger charge is 2.29. The molecule has 0 spiro atoms. The van der Waals surface area contributed by atoms with E-state index in [-0.39, 0.29) is 0 Å². The summed E-state index contributed by atoms with van der Waals surface area (Å²) in [5.74, 6) is 0. The molecule has 0 radical (unpaired) electrons. The van der Waals surface area contributed by atoms with Gasteiger partial charge in [-0.2, -0.15) is 13.2 Å². The van der Waals surface area contributed by atoms with Crippen LogP contribution in [0.2, 0.25) is 0 Å². The standard InChI is InChI=1S/C18H18F3N/c1-2-3-6-15(13-17-7-4-5-12-22-17)14-8-10-16(11-9-14)18(19,20)21/h4-5,7-13H,2-3,6H2,1H3/b15-13-. The molecule has 0 aliphatic carbocycles. The Hall–Kier alpha value is -2.10. The number of nitrogens with zero attached hydrogens (tertiary/aromatic N) is 1. The number of pyridine rings is 1. The summed E-state index contributed by atoms with van der Waals surface area (Å²) in [4.78, 5) is 4.25. The second kappa shape index (κ2) is 7.25. The first kappa shape index (κ1) is 16.3. The van der Waals surface area contributed by atoms with Gasteiger partial charge in [-0.15, -0.1) is 0 Å². The fraction of sp³-hybridized carbons (Fsp3) is 0.278. The van der Waals surface area contributed by atoms with Crippen LogP contribution in [-0.4, -0.2) is 4.98 Å². The molecule has 116 valence electrons. The van der Waals surface area contributed by atoms with Gasteiger partial charge in [0.2, 0.25) is 0 Å². The van der Waals surface area contributed by atoms with Gasteiger partial charge in [0, 0.05) is 6.20 Å². The first-order chi connectivity index (χ1) is 10.5. The topological polar surface area (TPSA) is 12.9 Å². The van der Waals surface area contributed by atoms with Crippen LogP contribution in [0.5, 0.6) is 0 Å². The minimum absolute atomic E-state index is 0.621. The summed E-state index contributed by atoms with van der Waals surface area (Å²) in [5, 5.41) is 0. The van der Waals surface area contributed by atoms with Crippen LogP contribution in [0.1, 0.15) is 43.0 Å². The molecule has 0 bridgehead atoms. The predicted molar refractivity (Wildman–Crippen MR) is 83.1 cm³/mol. The number of hydrogen-bond acceptors (Lipinski definition) is 1. The van der Waals surface area contributed by atoms with Crippen LogP contribution in [0, 0.1) is 0 Å². The van der Waals surface area contributed by atoms with Crippen molar-refractivity contribution in [3.8, 4) is 0 Å². The largest absolute Gasteiger partial charge is 0.416 e. The lowest BCUT2D eigenvalue weighted by Crippen LogP contribution is -2.04. The lowest BCUT2D eigenvalue weighted by molar-refractivity contribution is -0.137. The van der Waals surface area contributed by atoms with E-state index in [1.807, 2.05) is 24.3 Å². The molecule has 2 rings (SSSR count). The SMILES string of the molecule is CCCC/C(=C/c1ccccn1)c1ccc(C(F)(F)F)cc1. The van der Waals surface area contributed by atoms with Gasteiger partial charge in [-0.1, -0.05) is 31.5 Å². The molecule has 0 fully saturated rings. The third kappa shape index (κ3) is 4.45. The summed E-state index contributed by atoms with van der Waals surface area (Å²) in [6.07, 6.45) is 2.18. The van der Waals surface area contributed by atoms with Crippen LogP contribution in [-0.2, 0) is 6.18 Å². The van der Waals surface area contributed by atoms with E-state index in [1.165, 1.54) is 12.1 Å². The zero-order chi connectivity index (χ0) is 16.0. The Morgan fingerprint density at radius 2 is 1.82 bits per heavy atom. The molecule has 0 unspecified atom stereocenters. The van der Waals surface area contributed by atoms with Gasteiger partial charge in [0.1, 0.15) is 0 Å². The molecule has 2 aromatic rings. The zero-order valence-electron chi connectivity index (χ0n) is 12.4. The Morgan fingerprint density at radius 1 is 1.09 bits per heavy atom. The third-order valence-electron chi connectivity index (χ3n) is 3.39. The molecule has 0 aliphatic heterocycles. The van der Waals surface area contributed by atoms with Crippen LogP contribution in [0.25, 0.3) is 11.6 Å². The van der Waals surface area contributed by atoms with Crippen LogP contribution < -0.4 is 0 Å². The third-order valence-corrected chi connectivity index (χ3v) is 3.39. The van der Waals surface area contributed by atoms with Crippen LogP contribution >= 0.6 is 0 Å². The monoisotopic (exact) mass is 305 g/mol. The maximum absolute atomic E-state index is 12.6. The van der Waals surface area contributed by atoms with Crippen molar-refractivity contribution in [1.29, 1.82) is 0 Å². The average molecular weight is 305 g/mol. The van der Waals surface area contributed by atoms with Crippen LogP contribution in [0.3, 0.4) is 0 Å². The molecule has 4 heteroatoms. The Balaban J connectivity index is 2.31. The number of benzene rings is 1. The van der Waals surface area contributed by atoms with Gasteiger partial charge in [-0.25, -0.2) is 0 Å². The highest BCUT2D eigenvalue weighted by Crippen LogP contribution is 2.31. The number of rotatable bonds is 5. The lowest BCUT2D eigenvalue weighted by atomic mass is 9.98. The molecule has 0 N–H and O–H groups in total. The number of allylic oxidation sites excluding steroid dienone is 1. The van der Waals surface area contributed by atoms with Gasteiger partial charge in [0.05, 0.1) is 11.3 Å².